The lowest BCUT2D eigenvalue weighted by molar-refractivity contribution is 0.376. The SMILES string of the molecule is Cc1ccc(NC(=S)NCc2nc(-c3ccc(Cl)cc3)no2)nc1. The van der Waals surface area contributed by atoms with Crippen molar-refractivity contribution in [3.8, 4) is 11.4 Å². The Bertz CT molecular complexity index is 832. The van der Waals surface area contributed by atoms with Gasteiger partial charge >= 0.3 is 0 Å². The van der Waals surface area contributed by atoms with Crippen LogP contribution >= 0.6 is 23.8 Å². The molecule has 0 fully saturated rings. The molecule has 0 atom stereocenters. The number of aromatic nitrogens is 3. The Morgan fingerprint density at radius 1 is 1.21 bits per heavy atom. The van der Waals surface area contributed by atoms with Crippen LogP contribution in [0.15, 0.2) is 47.1 Å². The molecule has 0 aliphatic carbocycles. The molecule has 0 saturated heterocycles. The summed E-state index contributed by atoms with van der Waals surface area (Å²) in [6, 6.07) is 11.0. The van der Waals surface area contributed by atoms with Crippen LogP contribution in [0.25, 0.3) is 11.4 Å². The number of halogens is 1. The Morgan fingerprint density at radius 2 is 2.00 bits per heavy atom. The van der Waals surface area contributed by atoms with Crippen molar-refractivity contribution in [2.75, 3.05) is 5.32 Å². The van der Waals surface area contributed by atoms with Crippen molar-refractivity contribution in [2.24, 2.45) is 0 Å². The minimum Gasteiger partial charge on any atom is -0.353 e. The highest BCUT2D eigenvalue weighted by atomic mass is 35.5. The molecule has 8 heteroatoms. The summed E-state index contributed by atoms with van der Waals surface area (Å²) in [7, 11) is 0. The molecule has 0 aliphatic rings. The summed E-state index contributed by atoms with van der Waals surface area (Å²) in [5.41, 5.74) is 1.92. The molecule has 0 saturated carbocycles. The zero-order chi connectivity index (χ0) is 16.9. The summed E-state index contributed by atoms with van der Waals surface area (Å²) in [6.45, 7) is 2.29. The molecule has 0 aliphatic heterocycles. The van der Waals surface area contributed by atoms with Gasteiger partial charge in [-0.05, 0) is 55.0 Å². The first kappa shape index (κ1) is 16.4. The molecule has 0 amide bonds. The van der Waals surface area contributed by atoms with Crippen LogP contribution in [0.5, 0.6) is 0 Å². The highest BCUT2D eigenvalue weighted by Crippen LogP contribution is 2.18. The van der Waals surface area contributed by atoms with Gasteiger partial charge in [-0.15, -0.1) is 0 Å². The van der Waals surface area contributed by atoms with E-state index in [1.54, 1.807) is 18.3 Å². The molecule has 24 heavy (non-hydrogen) atoms. The number of hydrogen-bond donors (Lipinski definition) is 2. The molecular weight excluding hydrogens is 346 g/mol. The second kappa shape index (κ2) is 7.37. The lowest BCUT2D eigenvalue weighted by Gasteiger charge is -2.07. The van der Waals surface area contributed by atoms with E-state index in [1.165, 1.54) is 0 Å². The van der Waals surface area contributed by atoms with Gasteiger partial charge < -0.3 is 15.2 Å². The summed E-state index contributed by atoms with van der Waals surface area (Å²) in [6.07, 6.45) is 1.77. The molecule has 122 valence electrons. The molecule has 0 bridgehead atoms. The van der Waals surface area contributed by atoms with E-state index >= 15 is 0 Å². The van der Waals surface area contributed by atoms with Crippen molar-refractivity contribution in [1.29, 1.82) is 0 Å². The maximum Gasteiger partial charge on any atom is 0.246 e. The third-order valence-corrected chi connectivity index (χ3v) is 3.62. The van der Waals surface area contributed by atoms with Crippen LogP contribution in [0.4, 0.5) is 5.82 Å². The number of thiocarbonyl (C=S) groups is 1. The van der Waals surface area contributed by atoms with Crippen molar-refractivity contribution >= 4 is 34.7 Å². The first-order chi connectivity index (χ1) is 11.6. The van der Waals surface area contributed by atoms with Crippen molar-refractivity contribution in [3.63, 3.8) is 0 Å². The minimum atomic E-state index is 0.318. The fourth-order valence-electron chi connectivity index (χ4n) is 1.90. The lowest BCUT2D eigenvalue weighted by atomic mass is 10.2. The summed E-state index contributed by atoms with van der Waals surface area (Å²) in [5.74, 6) is 1.61. The Labute approximate surface area is 149 Å². The first-order valence-corrected chi connectivity index (χ1v) is 7.95. The molecule has 2 heterocycles. The van der Waals surface area contributed by atoms with E-state index in [9.17, 15) is 0 Å². The molecule has 0 spiro atoms. The fourth-order valence-corrected chi connectivity index (χ4v) is 2.20. The first-order valence-electron chi connectivity index (χ1n) is 7.16. The molecule has 0 unspecified atom stereocenters. The smallest absolute Gasteiger partial charge is 0.246 e. The number of hydrogen-bond acceptors (Lipinski definition) is 5. The maximum atomic E-state index is 5.86. The number of rotatable bonds is 4. The van der Waals surface area contributed by atoms with Gasteiger partial charge in [-0.2, -0.15) is 4.98 Å². The van der Waals surface area contributed by atoms with Crippen LogP contribution in [0.1, 0.15) is 11.5 Å². The van der Waals surface area contributed by atoms with E-state index < -0.39 is 0 Å². The van der Waals surface area contributed by atoms with Crippen molar-refractivity contribution in [1.82, 2.24) is 20.4 Å². The normalized spacial score (nSPS) is 10.4. The second-order valence-corrected chi connectivity index (χ2v) is 5.89. The van der Waals surface area contributed by atoms with E-state index in [-0.39, 0.29) is 0 Å². The Hall–Kier alpha value is -2.51. The molecule has 1 aromatic carbocycles. The summed E-state index contributed by atoms with van der Waals surface area (Å²) < 4.78 is 5.21. The van der Waals surface area contributed by atoms with Crippen LogP contribution < -0.4 is 10.6 Å². The number of anilines is 1. The van der Waals surface area contributed by atoms with Gasteiger partial charge in [0.15, 0.2) is 5.11 Å². The van der Waals surface area contributed by atoms with Crippen LogP contribution in [-0.2, 0) is 6.54 Å². The zero-order valence-corrected chi connectivity index (χ0v) is 14.4. The van der Waals surface area contributed by atoms with E-state index in [1.807, 2.05) is 31.2 Å². The van der Waals surface area contributed by atoms with Crippen molar-refractivity contribution < 1.29 is 4.52 Å². The summed E-state index contributed by atoms with van der Waals surface area (Å²) in [4.78, 5) is 8.54. The van der Waals surface area contributed by atoms with Crippen LogP contribution in [0.3, 0.4) is 0 Å². The fraction of sp³-hybridized carbons (Fsp3) is 0.125. The van der Waals surface area contributed by atoms with Gasteiger partial charge in [-0.3, -0.25) is 0 Å². The van der Waals surface area contributed by atoms with Crippen LogP contribution in [0.2, 0.25) is 5.02 Å². The molecule has 0 radical (unpaired) electrons. The molecule has 6 nitrogen and oxygen atoms in total. The van der Waals surface area contributed by atoms with Gasteiger partial charge in [0.05, 0.1) is 6.54 Å². The van der Waals surface area contributed by atoms with Gasteiger partial charge in [0.2, 0.25) is 11.7 Å². The summed E-state index contributed by atoms with van der Waals surface area (Å²) in [5, 5.41) is 11.0. The van der Waals surface area contributed by atoms with E-state index in [2.05, 4.69) is 25.8 Å². The summed E-state index contributed by atoms with van der Waals surface area (Å²) >= 11 is 11.1. The number of pyridine rings is 1. The van der Waals surface area contributed by atoms with Gasteiger partial charge in [0, 0.05) is 16.8 Å². The third-order valence-electron chi connectivity index (χ3n) is 3.12. The molecule has 3 aromatic rings. The average molecular weight is 360 g/mol. The van der Waals surface area contributed by atoms with Gasteiger partial charge in [-0.25, -0.2) is 4.98 Å². The predicted molar refractivity (Wildman–Crippen MR) is 96.8 cm³/mol. The predicted octanol–water partition coefficient (Wildman–Crippen LogP) is 3.58. The standard InChI is InChI=1S/C16H14ClN5OS/c1-10-2-7-13(18-8-10)20-16(24)19-9-14-21-15(22-23-14)11-3-5-12(17)6-4-11/h2-8H,9H2,1H3,(H2,18,19,20,24). The maximum absolute atomic E-state index is 5.86. The average Bonchev–Trinajstić information content (AvgIpc) is 3.05. The molecule has 2 N–H and O–H groups in total. The van der Waals surface area contributed by atoms with Crippen molar-refractivity contribution in [2.45, 2.75) is 13.5 Å². The highest BCUT2D eigenvalue weighted by Gasteiger charge is 2.09. The monoisotopic (exact) mass is 359 g/mol. The van der Waals surface area contributed by atoms with E-state index in [0.717, 1.165) is 11.1 Å². The Morgan fingerprint density at radius 3 is 2.71 bits per heavy atom. The van der Waals surface area contributed by atoms with Gasteiger partial charge in [-0.1, -0.05) is 22.8 Å². The molecule has 3 rings (SSSR count). The van der Waals surface area contributed by atoms with Gasteiger partial charge in [0.1, 0.15) is 5.82 Å². The van der Waals surface area contributed by atoms with E-state index in [0.29, 0.717) is 34.2 Å². The lowest BCUT2D eigenvalue weighted by Crippen LogP contribution is -2.28. The second-order valence-electron chi connectivity index (χ2n) is 5.05. The van der Waals surface area contributed by atoms with Crippen LogP contribution in [0, 0.1) is 6.92 Å². The number of nitrogens with one attached hydrogen (secondary N) is 2. The van der Waals surface area contributed by atoms with E-state index in [4.69, 9.17) is 28.3 Å². The largest absolute Gasteiger partial charge is 0.353 e. The minimum absolute atomic E-state index is 0.318. The number of aryl methyl sites for hydroxylation is 1. The topological polar surface area (TPSA) is 75.9 Å². The Balaban J connectivity index is 1.56. The quantitative estimate of drug-likeness (QED) is 0.689. The highest BCUT2D eigenvalue weighted by molar-refractivity contribution is 7.80. The van der Waals surface area contributed by atoms with Gasteiger partial charge in [0.25, 0.3) is 0 Å². The van der Waals surface area contributed by atoms with Crippen molar-refractivity contribution in [3.05, 3.63) is 59.1 Å². The third kappa shape index (κ3) is 4.27. The zero-order valence-electron chi connectivity index (χ0n) is 12.8. The molecular formula is C16H14ClN5OS. The number of benzene rings is 1. The van der Waals surface area contributed by atoms with Crippen LogP contribution in [-0.4, -0.2) is 20.2 Å². The Kier molecular flexibility index (Phi) is 5.02. The molecule has 2 aromatic heterocycles. The number of nitrogens with zero attached hydrogens (tertiary/aromatic N) is 3.